The van der Waals surface area contributed by atoms with Gasteiger partial charge in [-0.3, -0.25) is 4.90 Å². The topological polar surface area (TPSA) is 3.24 Å². The van der Waals surface area contributed by atoms with Crippen LogP contribution in [0.2, 0.25) is 0 Å². The van der Waals surface area contributed by atoms with Crippen molar-refractivity contribution in [3.8, 4) is 0 Å². The lowest BCUT2D eigenvalue weighted by molar-refractivity contribution is 0.324. The van der Waals surface area contributed by atoms with Crippen LogP contribution < -0.4 is 0 Å². The first-order valence-corrected chi connectivity index (χ1v) is 9.43. The van der Waals surface area contributed by atoms with Crippen molar-refractivity contribution < 1.29 is 0 Å². The molecule has 0 atom stereocenters. The fourth-order valence-electron chi connectivity index (χ4n) is 4.09. The maximum Gasteiger partial charge on any atom is 0.0163 e. The van der Waals surface area contributed by atoms with Gasteiger partial charge in [0.2, 0.25) is 0 Å². The van der Waals surface area contributed by atoms with Crippen molar-refractivity contribution in [2.24, 2.45) is 0 Å². The third-order valence-electron chi connectivity index (χ3n) is 5.27. The summed E-state index contributed by atoms with van der Waals surface area (Å²) >= 11 is 0. The van der Waals surface area contributed by atoms with E-state index < -0.39 is 0 Å². The molecule has 0 aliphatic heterocycles. The zero-order valence-corrected chi connectivity index (χ0v) is 15.2. The van der Waals surface area contributed by atoms with Crippen molar-refractivity contribution in [3.05, 3.63) is 96.1 Å². The quantitative estimate of drug-likeness (QED) is 0.588. The van der Waals surface area contributed by atoms with Crippen LogP contribution in [0.4, 0.5) is 0 Å². The fraction of sp³-hybridized carbons (Fsp3) is 0.333. The van der Waals surface area contributed by atoms with E-state index in [9.17, 15) is 0 Å². The van der Waals surface area contributed by atoms with Gasteiger partial charge in [0.05, 0.1) is 0 Å². The van der Waals surface area contributed by atoms with E-state index in [0.717, 1.165) is 32.5 Å². The molecule has 0 aromatic heterocycles. The molecule has 0 saturated heterocycles. The van der Waals surface area contributed by atoms with Crippen LogP contribution in [0.3, 0.4) is 0 Å². The van der Waals surface area contributed by atoms with Crippen molar-refractivity contribution in [2.75, 3.05) is 19.6 Å². The zero-order chi connectivity index (χ0) is 17.5. The molecule has 0 fully saturated rings. The Morgan fingerprint density at radius 3 is 1.88 bits per heavy atom. The highest BCUT2D eigenvalue weighted by atomic mass is 15.1. The van der Waals surface area contributed by atoms with E-state index in [1.54, 1.807) is 0 Å². The summed E-state index contributed by atoms with van der Waals surface area (Å²) in [6.07, 6.45) is 8.67. The van der Waals surface area contributed by atoms with Crippen molar-refractivity contribution in [3.63, 3.8) is 0 Å². The minimum absolute atomic E-state index is 0.518. The van der Waals surface area contributed by atoms with E-state index >= 15 is 0 Å². The number of rotatable bonds is 8. The van der Waals surface area contributed by atoms with Crippen molar-refractivity contribution >= 4 is 0 Å². The second-order valence-corrected chi connectivity index (χ2v) is 6.93. The Labute approximate surface area is 152 Å². The number of nitrogens with zero attached hydrogens (tertiary/aromatic N) is 1. The van der Waals surface area contributed by atoms with E-state index in [2.05, 4.69) is 66.6 Å². The Morgan fingerprint density at radius 1 is 0.840 bits per heavy atom. The van der Waals surface area contributed by atoms with E-state index in [-0.39, 0.29) is 0 Å². The Balaban J connectivity index is 1.79. The monoisotopic (exact) mass is 331 g/mol. The fourth-order valence-corrected chi connectivity index (χ4v) is 4.09. The minimum atomic E-state index is 0.518. The molecule has 0 amide bonds. The lowest BCUT2D eigenvalue weighted by Crippen LogP contribution is -2.25. The molecule has 1 heteroatoms. The molecule has 1 aliphatic carbocycles. The van der Waals surface area contributed by atoms with Gasteiger partial charge in [-0.05, 0) is 54.5 Å². The van der Waals surface area contributed by atoms with Crippen LogP contribution in [0.25, 0.3) is 0 Å². The first-order valence-electron chi connectivity index (χ1n) is 9.43. The summed E-state index contributed by atoms with van der Waals surface area (Å²) in [6, 6.07) is 18.1. The highest BCUT2D eigenvalue weighted by Crippen LogP contribution is 2.37. The summed E-state index contributed by atoms with van der Waals surface area (Å²) in [5.74, 6) is 0.518. The normalized spacial score (nSPS) is 13.8. The molecular formula is C24H29N. The van der Waals surface area contributed by atoms with Gasteiger partial charge in [0.1, 0.15) is 0 Å². The molecule has 25 heavy (non-hydrogen) atoms. The lowest BCUT2D eigenvalue weighted by atomic mass is 9.85. The van der Waals surface area contributed by atoms with Gasteiger partial charge >= 0.3 is 0 Å². The molecule has 3 rings (SSSR count). The molecule has 2 aromatic carbocycles. The van der Waals surface area contributed by atoms with Crippen LogP contribution in [0.1, 0.15) is 41.0 Å². The molecule has 0 N–H and O–H groups in total. The van der Waals surface area contributed by atoms with Gasteiger partial charge in [-0.25, -0.2) is 0 Å². The number of hydrogen-bond donors (Lipinski definition) is 0. The first kappa shape index (κ1) is 17.7. The standard InChI is InChI=1S/C24H29N/c1-3-17-25(18-4-2)19-9-14-24-22-12-7-5-10-20(22)15-16-21-11-6-8-13-23(21)24/h3-8,10-13,24H,1-2,9,14-19H2. The smallest absolute Gasteiger partial charge is 0.0163 e. The van der Waals surface area contributed by atoms with Gasteiger partial charge in [-0.1, -0.05) is 60.7 Å². The summed E-state index contributed by atoms with van der Waals surface area (Å²) in [7, 11) is 0. The average Bonchev–Trinajstić information content (AvgIpc) is 2.80. The average molecular weight is 332 g/mol. The second kappa shape index (κ2) is 8.82. The Kier molecular flexibility index (Phi) is 6.25. The Morgan fingerprint density at radius 2 is 1.36 bits per heavy atom. The summed E-state index contributed by atoms with van der Waals surface area (Å²) in [4.78, 5) is 2.41. The summed E-state index contributed by atoms with van der Waals surface area (Å²) in [5.41, 5.74) is 6.12. The third-order valence-corrected chi connectivity index (χ3v) is 5.27. The first-order chi connectivity index (χ1) is 12.3. The SMILES string of the molecule is C=CCN(CC=C)CCCC1c2ccccc2CCc2ccccc21. The zero-order valence-electron chi connectivity index (χ0n) is 15.2. The van der Waals surface area contributed by atoms with Crippen molar-refractivity contribution in [1.82, 2.24) is 4.90 Å². The Hall–Kier alpha value is -2.12. The summed E-state index contributed by atoms with van der Waals surface area (Å²) in [5, 5.41) is 0. The minimum Gasteiger partial charge on any atom is -0.296 e. The second-order valence-electron chi connectivity index (χ2n) is 6.93. The number of fused-ring (bicyclic) bond motifs is 2. The van der Waals surface area contributed by atoms with Crippen LogP contribution in [0.5, 0.6) is 0 Å². The van der Waals surface area contributed by atoms with Crippen LogP contribution in [0.15, 0.2) is 73.8 Å². The van der Waals surface area contributed by atoms with Gasteiger partial charge in [0, 0.05) is 19.0 Å². The van der Waals surface area contributed by atoms with Crippen LogP contribution in [0, 0.1) is 0 Å². The third kappa shape index (κ3) is 4.29. The van der Waals surface area contributed by atoms with E-state index in [4.69, 9.17) is 0 Å². The molecule has 0 saturated carbocycles. The molecule has 0 unspecified atom stereocenters. The predicted octanol–water partition coefficient (Wildman–Crippen LogP) is 5.37. The van der Waals surface area contributed by atoms with E-state index in [0.29, 0.717) is 5.92 Å². The van der Waals surface area contributed by atoms with Crippen LogP contribution >= 0.6 is 0 Å². The molecular weight excluding hydrogens is 302 g/mol. The van der Waals surface area contributed by atoms with Gasteiger partial charge in [-0.2, -0.15) is 0 Å². The number of aryl methyl sites for hydroxylation is 2. The predicted molar refractivity (Wildman–Crippen MR) is 108 cm³/mol. The van der Waals surface area contributed by atoms with Crippen LogP contribution in [-0.4, -0.2) is 24.5 Å². The highest BCUT2D eigenvalue weighted by molar-refractivity contribution is 5.44. The van der Waals surface area contributed by atoms with Gasteiger partial charge in [0.15, 0.2) is 0 Å². The molecule has 0 spiro atoms. The molecule has 1 nitrogen and oxygen atoms in total. The van der Waals surface area contributed by atoms with Crippen molar-refractivity contribution in [2.45, 2.75) is 31.6 Å². The molecule has 0 heterocycles. The van der Waals surface area contributed by atoms with Crippen LogP contribution in [-0.2, 0) is 12.8 Å². The molecule has 130 valence electrons. The van der Waals surface area contributed by atoms with Gasteiger partial charge in [-0.15, -0.1) is 13.2 Å². The lowest BCUT2D eigenvalue weighted by Gasteiger charge is -2.23. The van der Waals surface area contributed by atoms with Gasteiger partial charge < -0.3 is 0 Å². The maximum atomic E-state index is 3.88. The maximum absolute atomic E-state index is 3.88. The summed E-state index contributed by atoms with van der Waals surface area (Å²) < 4.78 is 0. The van der Waals surface area contributed by atoms with Crippen molar-refractivity contribution in [1.29, 1.82) is 0 Å². The molecule has 2 aromatic rings. The number of benzene rings is 2. The van der Waals surface area contributed by atoms with E-state index in [1.165, 1.54) is 35.1 Å². The summed E-state index contributed by atoms with van der Waals surface area (Å²) in [6.45, 7) is 10.7. The largest absolute Gasteiger partial charge is 0.296 e. The molecule has 0 radical (unpaired) electrons. The molecule has 0 bridgehead atoms. The molecule has 1 aliphatic rings. The van der Waals surface area contributed by atoms with E-state index in [1.807, 2.05) is 12.2 Å². The highest BCUT2D eigenvalue weighted by Gasteiger charge is 2.22. The Bertz CT molecular complexity index is 658. The van der Waals surface area contributed by atoms with Gasteiger partial charge in [0.25, 0.3) is 0 Å². The number of hydrogen-bond acceptors (Lipinski definition) is 1.